The van der Waals surface area contributed by atoms with Gasteiger partial charge in [0.1, 0.15) is 5.65 Å². The number of pyridine rings is 1. The highest BCUT2D eigenvalue weighted by Crippen LogP contribution is 2.10. The average molecular weight is 203 g/mol. The van der Waals surface area contributed by atoms with Gasteiger partial charge in [0, 0.05) is 24.5 Å². The summed E-state index contributed by atoms with van der Waals surface area (Å²) in [7, 11) is 0. The van der Waals surface area contributed by atoms with Gasteiger partial charge in [-0.25, -0.2) is 4.98 Å². The molecule has 0 atom stereocenters. The van der Waals surface area contributed by atoms with Crippen molar-refractivity contribution in [2.75, 3.05) is 5.32 Å². The number of imidazole rings is 1. The number of fused-ring (bicyclic) bond motifs is 1. The molecule has 0 fully saturated rings. The lowest BCUT2D eigenvalue weighted by molar-refractivity contribution is -0.118. The Hall–Kier alpha value is -1.84. The highest BCUT2D eigenvalue weighted by molar-refractivity contribution is 5.92. The molecule has 0 saturated carbocycles. The molecule has 2 aromatic heterocycles. The summed E-state index contributed by atoms with van der Waals surface area (Å²) < 4.78 is 1.87. The number of nitrogens with zero attached hydrogens (tertiary/aromatic N) is 2. The fourth-order valence-corrected chi connectivity index (χ4v) is 1.28. The van der Waals surface area contributed by atoms with E-state index in [2.05, 4.69) is 10.3 Å². The van der Waals surface area contributed by atoms with E-state index in [0.29, 0.717) is 0 Å². The molecule has 0 spiro atoms. The fourth-order valence-electron chi connectivity index (χ4n) is 1.28. The van der Waals surface area contributed by atoms with E-state index in [1.165, 1.54) is 0 Å². The molecule has 2 heterocycles. The molecule has 2 rings (SSSR count). The van der Waals surface area contributed by atoms with Gasteiger partial charge in [-0.05, 0) is 12.1 Å². The Bertz CT molecular complexity index is 487. The minimum absolute atomic E-state index is 0.0107. The summed E-state index contributed by atoms with van der Waals surface area (Å²) in [4.78, 5) is 15.6. The van der Waals surface area contributed by atoms with Gasteiger partial charge in [-0.3, -0.25) is 4.79 Å². The molecule has 0 aliphatic heterocycles. The maximum atomic E-state index is 11.5. The van der Waals surface area contributed by atoms with Gasteiger partial charge in [0.05, 0.1) is 5.69 Å². The van der Waals surface area contributed by atoms with Crippen molar-refractivity contribution in [1.82, 2.24) is 9.38 Å². The minimum atomic E-state index is -0.0107. The number of hydrogen-bond donors (Lipinski definition) is 1. The Morgan fingerprint density at radius 3 is 3.00 bits per heavy atom. The van der Waals surface area contributed by atoms with Gasteiger partial charge in [0.2, 0.25) is 5.91 Å². The van der Waals surface area contributed by atoms with E-state index >= 15 is 0 Å². The lowest BCUT2D eigenvalue weighted by Gasteiger charge is -2.07. The van der Waals surface area contributed by atoms with Crippen LogP contribution in [0, 0.1) is 5.92 Å². The first-order chi connectivity index (χ1) is 7.16. The molecule has 2 aromatic rings. The van der Waals surface area contributed by atoms with Crippen LogP contribution in [0.3, 0.4) is 0 Å². The van der Waals surface area contributed by atoms with E-state index in [1.54, 1.807) is 6.20 Å². The van der Waals surface area contributed by atoms with Crippen molar-refractivity contribution in [3.63, 3.8) is 0 Å². The Kier molecular flexibility index (Phi) is 2.41. The molecular weight excluding hydrogens is 190 g/mol. The summed E-state index contributed by atoms with van der Waals surface area (Å²) in [5.74, 6) is 0.0120. The number of rotatable bonds is 2. The molecule has 78 valence electrons. The fraction of sp³-hybridized carbons (Fsp3) is 0.273. The molecule has 1 amide bonds. The molecule has 4 heteroatoms. The lowest BCUT2D eigenvalue weighted by atomic mass is 10.2. The van der Waals surface area contributed by atoms with E-state index in [1.807, 2.05) is 42.8 Å². The summed E-state index contributed by atoms with van der Waals surface area (Å²) in [6.07, 6.45) is 5.42. The average Bonchev–Trinajstić information content (AvgIpc) is 2.64. The van der Waals surface area contributed by atoms with Gasteiger partial charge in [0.15, 0.2) is 0 Å². The van der Waals surface area contributed by atoms with Crippen LogP contribution < -0.4 is 5.32 Å². The predicted molar refractivity (Wildman–Crippen MR) is 58.7 cm³/mol. The van der Waals surface area contributed by atoms with Crippen molar-refractivity contribution in [2.45, 2.75) is 13.8 Å². The molecular formula is C11H13N3O. The summed E-state index contributed by atoms with van der Waals surface area (Å²) in [6.45, 7) is 3.73. The molecule has 15 heavy (non-hydrogen) atoms. The number of anilines is 1. The quantitative estimate of drug-likeness (QED) is 0.810. The smallest absolute Gasteiger partial charge is 0.226 e. The van der Waals surface area contributed by atoms with E-state index in [-0.39, 0.29) is 11.8 Å². The van der Waals surface area contributed by atoms with Gasteiger partial charge in [0.25, 0.3) is 0 Å². The number of amides is 1. The first-order valence-electron chi connectivity index (χ1n) is 4.90. The highest BCUT2D eigenvalue weighted by atomic mass is 16.1. The second-order valence-corrected chi connectivity index (χ2v) is 3.75. The van der Waals surface area contributed by atoms with Gasteiger partial charge in [-0.15, -0.1) is 0 Å². The Morgan fingerprint density at radius 1 is 1.47 bits per heavy atom. The molecule has 0 bridgehead atoms. The van der Waals surface area contributed by atoms with E-state index in [0.717, 1.165) is 11.3 Å². The summed E-state index contributed by atoms with van der Waals surface area (Å²) in [6, 6.07) is 3.72. The predicted octanol–water partition coefficient (Wildman–Crippen LogP) is 1.93. The Labute approximate surface area is 87.9 Å². The van der Waals surface area contributed by atoms with E-state index < -0.39 is 0 Å². The normalized spacial score (nSPS) is 10.9. The standard InChI is InChI=1S/C11H13N3O/c1-8(2)11(15)13-9-3-4-10-12-5-6-14(10)7-9/h3-8H,1-2H3,(H,13,15). The van der Waals surface area contributed by atoms with E-state index in [4.69, 9.17) is 0 Å². The van der Waals surface area contributed by atoms with Crippen LogP contribution in [0.2, 0.25) is 0 Å². The summed E-state index contributed by atoms with van der Waals surface area (Å²) in [5, 5.41) is 2.84. The van der Waals surface area contributed by atoms with Gasteiger partial charge < -0.3 is 9.72 Å². The van der Waals surface area contributed by atoms with Crippen molar-refractivity contribution < 1.29 is 4.79 Å². The van der Waals surface area contributed by atoms with E-state index in [9.17, 15) is 4.79 Å². The number of hydrogen-bond acceptors (Lipinski definition) is 2. The molecule has 4 nitrogen and oxygen atoms in total. The first kappa shape index (κ1) is 9.71. The first-order valence-corrected chi connectivity index (χ1v) is 4.90. The highest BCUT2D eigenvalue weighted by Gasteiger charge is 2.07. The van der Waals surface area contributed by atoms with Crippen LogP contribution in [0.25, 0.3) is 5.65 Å². The number of carbonyl (C=O) groups is 1. The van der Waals surface area contributed by atoms with Crippen molar-refractivity contribution in [3.05, 3.63) is 30.7 Å². The number of nitrogens with one attached hydrogen (secondary N) is 1. The van der Waals surface area contributed by atoms with Crippen LogP contribution in [0.4, 0.5) is 5.69 Å². The third-order valence-electron chi connectivity index (χ3n) is 2.18. The molecule has 0 aliphatic carbocycles. The molecule has 0 saturated heterocycles. The van der Waals surface area contributed by atoms with Crippen LogP contribution in [0.5, 0.6) is 0 Å². The third-order valence-corrected chi connectivity index (χ3v) is 2.18. The van der Waals surface area contributed by atoms with Crippen LogP contribution in [-0.4, -0.2) is 15.3 Å². The van der Waals surface area contributed by atoms with Crippen molar-refractivity contribution in [1.29, 1.82) is 0 Å². The Balaban J connectivity index is 2.25. The largest absolute Gasteiger partial charge is 0.325 e. The monoisotopic (exact) mass is 203 g/mol. The molecule has 0 radical (unpaired) electrons. The van der Waals surface area contributed by atoms with Gasteiger partial charge >= 0.3 is 0 Å². The zero-order valence-corrected chi connectivity index (χ0v) is 8.77. The Morgan fingerprint density at radius 2 is 2.27 bits per heavy atom. The zero-order chi connectivity index (χ0) is 10.8. The van der Waals surface area contributed by atoms with Crippen molar-refractivity contribution in [3.8, 4) is 0 Å². The zero-order valence-electron chi connectivity index (χ0n) is 8.77. The van der Waals surface area contributed by atoms with Crippen molar-refractivity contribution >= 4 is 17.2 Å². The minimum Gasteiger partial charge on any atom is -0.325 e. The van der Waals surface area contributed by atoms with Crippen LogP contribution in [0.1, 0.15) is 13.8 Å². The maximum absolute atomic E-state index is 11.5. The SMILES string of the molecule is CC(C)C(=O)Nc1ccc2nccn2c1. The molecule has 0 aliphatic rings. The topological polar surface area (TPSA) is 46.4 Å². The third kappa shape index (κ3) is 1.98. The van der Waals surface area contributed by atoms with Crippen LogP contribution >= 0.6 is 0 Å². The second-order valence-electron chi connectivity index (χ2n) is 3.75. The van der Waals surface area contributed by atoms with Gasteiger partial charge in [-0.2, -0.15) is 0 Å². The van der Waals surface area contributed by atoms with Crippen LogP contribution in [-0.2, 0) is 4.79 Å². The molecule has 1 N–H and O–H groups in total. The number of aromatic nitrogens is 2. The molecule has 0 unspecified atom stereocenters. The van der Waals surface area contributed by atoms with Crippen molar-refractivity contribution in [2.24, 2.45) is 5.92 Å². The van der Waals surface area contributed by atoms with Gasteiger partial charge in [-0.1, -0.05) is 13.8 Å². The number of carbonyl (C=O) groups excluding carboxylic acids is 1. The summed E-state index contributed by atoms with van der Waals surface area (Å²) in [5.41, 5.74) is 1.66. The van der Waals surface area contributed by atoms with Crippen LogP contribution in [0.15, 0.2) is 30.7 Å². The lowest BCUT2D eigenvalue weighted by Crippen LogP contribution is -2.17. The summed E-state index contributed by atoms with van der Waals surface area (Å²) >= 11 is 0. The molecule has 0 aromatic carbocycles. The second kappa shape index (κ2) is 3.73. The maximum Gasteiger partial charge on any atom is 0.226 e.